The van der Waals surface area contributed by atoms with Gasteiger partial charge in [0, 0.05) is 5.56 Å². The third-order valence-electron chi connectivity index (χ3n) is 3.11. The Labute approximate surface area is 137 Å². The lowest BCUT2D eigenvalue weighted by atomic mass is 10.1. The van der Waals surface area contributed by atoms with Gasteiger partial charge < -0.3 is 5.32 Å². The summed E-state index contributed by atoms with van der Waals surface area (Å²) in [6.07, 6.45) is 0. The molecule has 124 valence electrons. The predicted molar refractivity (Wildman–Crippen MR) is 85.5 cm³/mol. The van der Waals surface area contributed by atoms with Crippen LogP contribution in [0.1, 0.15) is 22.8 Å². The number of hydrogen-bond donors (Lipinski definition) is 2. The second-order valence-corrected chi connectivity index (χ2v) is 4.93. The van der Waals surface area contributed by atoms with Crippen molar-refractivity contribution in [3.63, 3.8) is 0 Å². The lowest BCUT2D eigenvalue weighted by molar-refractivity contribution is -0.120. The average molecular weight is 331 g/mol. The van der Waals surface area contributed by atoms with Crippen LogP contribution in [0.25, 0.3) is 0 Å². The van der Waals surface area contributed by atoms with Crippen molar-refractivity contribution in [1.82, 2.24) is 10.7 Å². The molecule has 0 heterocycles. The molecule has 0 spiro atoms. The Balaban J connectivity index is 1.86. The van der Waals surface area contributed by atoms with Crippen LogP contribution in [0.3, 0.4) is 0 Å². The Morgan fingerprint density at radius 1 is 1.00 bits per heavy atom. The molecule has 0 fully saturated rings. The van der Waals surface area contributed by atoms with E-state index in [1.807, 2.05) is 0 Å². The Bertz CT molecular complexity index is 774. The van der Waals surface area contributed by atoms with Crippen molar-refractivity contribution in [2.45, 2.75) is 6.92 Å². The van der Waals surface area contributed by atoms with Gasteiger partial charge in [-0.15, -0.1) is 0 Å². The van der Waals surface area contributed by atoms with E-state index >= 15 is 0 Å². The third kappa shape index (κ3) is 4.98. The van der Waals surface area contributed by atoms with E-state index in [0.717, 1.165) is 6.07 Å². The molecule has 5 nitrogen and oxygen atoms in total. The number of hydrazone groups is 1. The van der Waals surface area contributed by atoms with E-state index in [1.165, 1.54) is 42.5 Å². The van der Waals surface area contributed by atoms with E-state index in [2.05, 4.69) is 15.8 Å². The number of amides is 2. The topological polar surface area (TPSA) is 70.6 Å². The van der Waals surface area contributed by atoms with E-state index in [4.69, 9.17) is 0 Å². The number of carbonyl (C=O) groups excluding carboxylic acids is 2. The van der Waals surface area contributed by atoms with Crippen molar-refractivity contribution >= 4 is 17.5 Å². The van der Waals surface area contributed by atoms with Crippen molar-refractivity contribution in [2.24, 2.45) is 5.10 Å². The fraction of sp³-hybridized carbons (Fsp3) is 0.118. The lowest BCUT2D eigenvalue weighted by Crippen LogP contribution is -2.35. The first-order chi connectivity index (χ1) is 11.5. The Kier molecular flexibility index (Phi) is 5.73. The highest BCUT2D eigenvalue weighted by atomic mass is 19.1. The van der Waals surface area contributed by atoms with E-state index in [0.29, 0.717) is 11.3 Å². The van der Waals surface area contributed by atoms with Crippen LogP contribution < -0.4 is 10.7 Å². The molecule has 0 aliphatic rings. The number of nitrogens with zero attached hydrogens (tertiary/aromatic N) is 1. The van der Waals surface area contributed by atoms with Crippen LogP contribution in [0.2, 0.25) is 0 Å². The number of halogens is 2. The molecule has 0 saturated heterocycles. The quantitative estimate of drug-likeness (QED) is 0.651. The van der Waals surface area contributed by atoms with Crippen LogP contribution >= 0.6 is 0 Å². The van der Waals surface area contributed by atoms with Gasteiger partial charge in [-0.05, 0) is 42.8 Å². The van der Waals surface area contributed by atoms with Gasteiger partial charge in [-0.2, -0.15) is 5.10 Å². The third-order valence-corrected chi connectivity index (χ3v) is 3.11. The zero-order chi connectivity index (χ0) is 17.5. The molecule has 24 heavy (non-hydrogen) atoms. The molecule has 0 aliphatic carbocycles. The van der Waals surface area contributed by atoms with Crippen LogP contribution in [-0.2, 0) is 4.79 Å². The molecule has 2 aromatic carbocycles. The van der Waals surface area contributed by atoms with Gasteiger partial charge in [0.25, 0.3) is 11.8 Å². The minimum absolute atomic E-state index is 0.119. The van der Waals surface area contributed by atoms with E-state index in [-0.39, 0.29) is 17.9 Å². The SMILES string of the molecule is C/C(=N/NC(=O)CNC(=O)c1cccc(F)c1)c1ccc(F)cc1. The molecule has 2 rings (SSSR count). The smallest absolute Gasteiger partial charge is 0.259 e. The van der Waals surface area contributed by atoms with Gasteiger partial charge in [-0.25, -0.2) is 14.2 Å². The standard InChI is InChI=1S/C17H15F2N3O2/c1-11(12-5-7-14(18)8-6-12)21-22-16(23)10-20-17(24)13-3-2-4-15(19)9-13/h2-9H,10H2,1H3,(H,20,24)(H,22,23)/b21-11-. The number of rotatable bonds is 5. The predicted octanol–water partition coefficient (Wildman–Crippen LogP) is 2.24. The molecule has 2 N–H and O–H groups in total. The number of nitrogens with one attached hydrogen (secondary N) is 2. The zero-order valence-corrected chi connectivity index (χ0v) is 12.8. The van der Waals surface area contributed by atoms with Crippen LogP contribution in [0, 0.1) is 11.6 Å². The monoisotopic (exact) mass is 331 g/mol. The van der Waals surface area contributed by atoms with Crippen molar-refractivity contribution in [1.29, 1.82) is 0 Å². The molecular weight excluding hydrogens is 316 g/mol. The first-order valence-electron chi connectivity index (χ1n) is 7.08. The van der Waals surface area contributed by atoms with Crippen LogP contribution in [0.5, 0.6) is 0 Å². The first-order valence-corrected chi connectivity index (χ1v) is 7.08. The normalized spacial score (nSPS) is 11.0. The maximum atomic E-state index is 13.0. The van der Waals surface area contributed by atoms with Crippen molar-refractivity contribution in [2.75, 3.05) is 6.54 Å². The summed E-state index contributed by atoms with van der Waals surface area (Å²) in [4.78, 5) is 23.4. The van der Waals surface area contributed by atoms with Gasteiger partial charge in [-0.3, -0.25) is 9.59 Å². The van der Waals surface area contributed by atoms with Crippen molar-refractivity contribution < 1.29 is 18.4 Å². The van der Waals surface area contributed by atoms with E-state index in [1.54, 1.807) is 6.92 Å². The minimum Gasteiger partial charge on any atom is -0.343 e. The number of carbonyl (C=O) groups is 2. The molecule has 2 aromatic rings. The average Bonchev–Trinajstić information content (AvgIpc) is 2.58. The molecule has 7 heteroatoms. The molecular formula is C17H15F2N3O2. The highest BCUT2D eigenvalue weighted by Gasteiger charge is 2.08. The van der Waals surface area contributed by atoms with Crippen LogP contribution in [0.15, 0.2) is 53.6 Å². The molecule has 0 radical (unpaired) electrons. The summed E-state index contributed by atoms with van der Waals surface area (Å²) in [5.74, 6) is -2.01. The summed E-state index contributed by atoms with van der Waals surface area (Å²) in [5, 5.41) is 6.23. The largest absolute Gasteiger partial charge is 0.343 e. The summed E-state index contributed by atoms with van der Waals surface area (Å²) in [5.41, 5.74) is 3.54. The lowest BCUT2D eigenvalue weighted by Gasteiger charge is -2.05. The van der Waals surface area contributed by atoms with Gasteiger partial charge in [0.05, 0.1) is 12.3 Å². The first kappa shape index (κ1) is 17.3. The van der Waals surface area contributed by atoms with Gasteiger partial charge in [-0.1, -0.05) is 18.2 Å². The summed E-state index contributed by atoms with van der Waals surface area (Å²) in [6.45, 7) is 1.34. The van der Waals surface area contributed by atoms with Gasteiger partial charge in [0.1, 0.15) is 11.6 Å². The Morgan fingerprint density at radius 3 is 2.38 bits per heavy atom. The highest BCUT2D eigenvalue weighted by molar-refractivity contribution is 5.99. The number of benzene rings is 2. The van der Waals surface area contributed by atoms with Crippen LogP contribution in [-0.4, -0.2) is 24.1 Å². The summed E-state index contributed by atoms with van der Waals surface area (Å²) in [7, 11) is 0. The molecule has 0 aromatic heterocycles. The summed E-state index contributed by atoms with van der Waals surface area (Å²) < 4.78 is 25.9. The van der Waals surface area contributed by atoms with Gasteiger partial charge >= 0.3 is 0 Å². The summed E-state index contributed by atoms with van der Waals surface area (Å²) in [6, 6.07) is 10.8. The highest BCUT2D eigenvalue weighted by Crippen LogP contribution is 2.04. The Morgan fingerprint density at radius 2 is 1.71 bits per heavy atom. The van der Waals surface area contributed by atoms with Gasteiger partial charge in [0.15, 0.2) is 0 Å². The maximum Gasteiger partial charge on any atom is 0.259 e. The zero-order valence-electron chi connectivity index (χ0n) is 12.8. The molecule has 0 aliphatic heterocycles. The molecule has 0 saturated carbocycles. The fourth-order valence-electron chi connectivity index (χ4n) is 1.83. The number of hydrogen-bond acceptors (Lipinski definition) is 3. The molecule has 0 unspecified atom stereocenters. The second-order valence-electron chi connectivity index (χ2n) is 4.93. The van der Waals surface area contributed by atoms with Crippen molar-refractivity contribution in [3.8, 4) is 0 Å². The molecule has 2 amide bonds. The molecule has 0 atom stereocenters. The minimum atomic E-state index is -0.566. The second kappa shape index (κ2) is 7.96. The fourth-order valence-corrected chi connectivity index (χ4v) is 1.83. The van der Waals surface area contributed by atoms with Crippen molar-refractivity contribution in [3.05, 3.63) is 71.3 Å². The van der Waals surface area contributed by atoms with E-state index in [9.17, 15) is 18.4 Å². The summed E-state index contributed by atoms with van der Waals surface area (Å²) >= 11 is 0. The maximum absolute atomic E-state index is 13.0. The molecule has 0 bridgehead atoms. The Hall–Kier alpha value is -3.09. The van der Waals surface area contributed by atoms with E-state index < -0.39 is 17.6 Å². The van der Waals surface area contributed by atoms with Crippen LogP contribution in [0.4, 0.5) is 8.78 Å². The van der Waals surface area contributed by atoms with Gasteiger partial charge in [0.2, 0.25) is 0 Å².